The normalized spacial score (nSPS) is 17.1. The van der Waals surface area contributed by atoms with Gasteiger partial charge in [-0.05, 0) is 37.0 Å². The Hall–Kier alpha value is -1.10. The van der Waals surface area contributed by atoms with Crippen LogP contribution in [0.15, 0.2) is 24.3 Å². The number of halogens is 1. The van der Waals surface area contributed by atoms with Crippen LogP contribution >= 0.6 is 11.6 Å². The fraction of sp³-hybridized carbons (Fsp3) is 0.562. The van der Waals surface area contributed by atoms with E-state index in [1.54, 1.807) is 6.07 Å². The van der Waals surface area contributed by atoms with Crippen LogP contribution in [0.25, 0.3) is 0 Å². The number of nitrogens with one attached hydrogen (secondary N) is 1. The maximum Gasteiger partial charge on any atom is 0.231 e. The first kappa shape index (κ1) is 16.3. The summed E-state index contributed by atoms with van der Waals surface area (Å²) in [5.74, 6) is -0.138. The van der Waals surface area contributed by atoms with Gasteiger partial charge in [0.25, 0.3) is 0 Å². The van der Waals surface area contributed by atoms with E-state index in [0.717, 1.165) is 24.8 Å². The van der Waals surface area contributed by atoms with E-state index in [0.29, 0.717) is 11.4 Å². The van der Waals surface area contributed by atoms with Gasteiger partial charge in [-0.2, -0.15) is 0 Å². The maximum atomic E-state index is 12.8. The van der Waals surface area contributed by atoms with E-state index in [1.807, 2.05) is 25.1 Å². The van der Waals surface area contributed by atoms with Crippen LogP contribution in [0.2, 0.25) is 5.02 Å². The molecule has 2 rings (SSSR count). The van der Waals surface area contributed by atoms with E-state index >= 15 is 0 Å². The van der Waals surface area contributed by atoms with Crippen molar-refractivity contribution >= 4 is 17.5 Å². The molecule has 0 aromatic heterocycles. The number of rotatable bonds is 6. The first-order valence-electron chi connectivity index (χ1n) is 7.32. The number of benzene rings is 1. The minimum absolute atomic E-state index is 0.138. The topological polar surface area (TPSA) is 69.6 Å². The van der Waals surface area contributed by atoms with E-state index in [1.165, 1.54) is 0 Å². The van der Waals surface area contributed by atoms with Gasteiger partial charge in [-0.25, -0.2) is 0 Å². The van der Waals surface area contributed by atoms with Crippen LogP contribution in [0.1, 0.15) is 38.2 Å². The molecule has 0 unspecified atom stereocenters. The molecule has 1 saturated carbocycles. The van der Waals surface area contributed by atoms with Crippen LogP contribution in [-0.2, 0) is 10.2 Å². The summed E-state index contributed by atoms with van der Waals surface area (Å²) in [4.78, 5) is 12.8. The minimum atomic E-state index is -0.960. The van der Waals surface area contributed by atoms with Gasteiger partial charge in [0, 0.05) is 5.02 Å². The molecule has 0 heterocycles. The summed E-state index contributed by atoms with van der Waals surface area (Å²) < 4.78 is 0. The third-order valence-electron chi connectivity index (χ3n) is 4.68. The third-order valence-corrected chi connectivity index (χ3v) is 4.91. The van der Waals surface area contributed by atoms with Crippen molar-refractivity contribution in [2.45, 2.75) is 43.6 Å². The molecule has 0 saturated heterocycles. The molecule has 5 heteroatoms. The van der Waals surface area contributed by atoms with Gasteiger partial charge >= 0.3 is 0 Å². The Morgan fingerprint density at radius 2 is 2.05 bits per heavy atom. The first-order valence-corrected chi connectivity index (χ1v) is 7.70. The standard InChI is InChI=1S/C16H22ClNO3/c1-2-15(10-19,11-20)18-14(21)16(7-4-8-16)12-5-3-6-13(17)9-12/h3,5-6,9,19-20H,2,4,7-8,10-11H2,1H3,(H,18,21). The quantitative estimate of drug-likeness (QED) is 0.753. The fourth-order valence-corrected chi connectivity index (χ4v) is 2.96. The number of amides is 1. The summed E-state index contributed by atoms with van der Waals surface area (Å²) >= 11 is 6.04. The van der Waals surface area contributed by atoms with Crippen LogP contribution in [0.5, 0.6) is 0 Å². The predicted octanol–water partition coefficient (Wildman–Crippen LogP) is 2.01. The highest BCUT2D eigenvalue weighted by molar-refractivity contribution is 6.30. The van der Waals surface area contributed by atoms with Crippen molar-refractivity contribution in [3.05, 3.63) is 34.9 Å². The Labute approximate surface area is 130 Å². The average Bonchev–Trinajstić information content (AvgIpc) is 2.44. The van der Waals surface area contributed by atoms with E-state index in [-0.39, 0.29) is 19.1 Å². The Kier molecular flexibility index (Phi) is 4.91. The number of carbonyl (C=O) groups excluding carboxylic acids is 1. The van der Waals surface area contributed by atoms with Gasteiger partial charge in [-0.1, -0.05) is 37.1 Å². The summed E-state index contributed by atoms with van der Waals surface area (Å²) in [7, 11) is 0. The van der Waals surface area contributed by atoms with Crippen molar-refractivity contribution in [3.8, 4) is 0 Å². The minimum Gasteiger partial charge on any atom is -0.394 e. The van der Waals surface area contributed by atoms with Gasteiger partial charge in [-0.15, -0.1) is 0 Å². The van der Waals surface area contributed by atoms with Gasteiger partial charge in [0.1, 0.15) is 0 Å². The second kappa shape index (κ2) is 6.34. The lowest BCUT2D eigenvalue weighted by Gasteiger charge is -2.43. The molecule has 1 aromatic carbocycles. The largest absolute Gasteiger partial charge is 0.394 e. The smallest absolute Gasteiger partial charge is 0.231 e. The highest BCUT2D eigenvalue weighted by Gasteiger charge is 2.47. The molecule has 21 heavy (non-hydrogen) atoms. The molecular weight excluding hydrogens is 290 g/mol. The van der Waals surface area contributed by atoms with Crippen molar-refractivity contribution in [1.82, 2.24) is 5.32 Å². The van der Waals surface area contributed by atoms with Crippen molar-refractivity contribution in [3.63, 3.8) is 0 Å². The van der Waals surface area contributed by atoms with Crippen LogP contribution in [0.4, 0.5) is 0 Å². The van der Waals surface area contributed by atoms with Gasteiger partial charge in [-0.3, -0.25) is 4.79 Å². The Bertz CT molecular complexity index is 502. The lowest BCUT2D eigenvalue weighted by Crippen LogP contribution is -2.60. The lowest BCUT2D eigenvalue weighted by molar-refractivity contribution is -0.133. The van der Waals surface area contributed by atoms with Crippen molar-refractivity contribution in [2.24, 2.45) is 0 Å². The highest BCUT2D eigenvalue weighted by Crippen LogP contribution is 2.44. The van der Waals surface area contributed by atoms with Gasteiger partial charge in [0.05, 0.1) is 24.2 Å². The zero-order valence-electron chi connectivity index (χ0n) is 12.2. The predicted molar refractivity (Wildman–Crippen MR) is 82.3 cm³/mol. The van der Waals surface area contributed by atoms with Crippen LogP contribution in [0.3, 0.4) is 0 Å². The van der Waals surface area contributed by atoms with Crippen LogP contribution in [-0.4, -0.2) is 34.9 Å². The summed E-state index contributed by atoms with van der Waals surface area (Å²) in [6.45, 7) is 1.27. The SMILES string of the molecule is CCC(CO)(CO)NC(=O)C1(c2cccc(Cl)c2)CCC1. The van der Waals surface area contributed by atoms with Crippen LogP contribution < -0.4 is 5.32 Å². The second-order valence-electron chi connectivity index (χ2n) is 5.85. The summed E-state index contributed by atoms with van der Waals surface area (Å²) in [5.41, 5.74) is -0.645. The lowest BCUT2D eigenvalue weighted by atomic mass is 9.63. The molecule has 0 aliphatic heterocycles. The number of hydrogen-bond donors (Lipinski definition) is 3. The van der Waals surface area contributed by atoms with Gasteiger partial charge in [0.2, 0.25) is 5.91 Å². The Morgan fingerprint density at radius 1 is 1.38 bits per heavy atom. The zero-order valence-corrected chi connectivity index (χ0v) is 13.0. The highest BCUT2D eigenvalue weighted by atomic mass is 35.5. The van der Waals surface area contributed by atoms with E-state index < -0.39 is 11.0 Å². The Morgan fingerprint density at radius 3 is 2.48 bits per heavy atom. The van der Waals surface area contributed by atoms with Crippen molar-refractivity contribution in [1.29, 1.82) is 0 Å². The maximum absolute atomic E-state index is 12.8. The molecule has 1 aromatic rings. The molecular formula is C16H22ClNO3. The number of aliphatic hydroxyl groups is 2. The molecule has 1 aliphatic carbocycles. The van der Waals surface area contributed by atoms with E-state index in [4.69, 9.17) is 11.6 Å². The van der Waals surface area contributed by atoms with Crippen molar-refractivity contribution in [2.75, 3.05) is 13.2 Å². The Balaban J connectivity index is 2.27. The molecule has 0 radical (unpaired) electrons. The number of hydrogen-bond acceptors (Lipinski definition) is 3. The average molecular weight is 312 g/mol. The summed E-state index contributed by atoms with van der Waals surface area (Å²) in [6, 6.07) is 7.37. The van der Waals surface area contributed by atoms with Crippen molar-refractivity contribution < 1.29 is 15.0 Å². The molecule has 116 valence electrons. The molecule has 1 fully saturated rings. The number of aliphatic hydroxyl groups excluding tert-OH is 2. The third kappa shape index (κ3) is 2.93. The molecule has 0 atom stereocenters. The monoisotopic (exact) mass is 311 g/mol. The van der Waals surface area contributed by atoms with Crippen LogP contribution in [0, 0.1) is 0 Å². The summed E-state index contributed by atoms with van der Waals surface area (Å²) in [6.07, 6.45) is 2.97. The van der Waals surface area contributed by atoms with Gasteiger partial charge in [0.15, 0.2) is 0 Å². The van der Waals surface area contributed by atoms with Gasteiger partial charge < -0.3 is 15.5 Å². The number of carbonyl (C=O) groups is 1. The molecule has 1 aliphatic rings. The zero-order chi connectivity index (χ0) is 15.5. The second-order valence-corrected chi connectivity index (χ2v) is 6.29. The first-order chi connectivity index (χ1) is 10.0. The molecule has 1 amide bonds. The fourth-order valence-electron chi connectivity index (χ4n) is 2.76. The summed E-state index contributed by atoms with van der Waals surface area (Å²) in [5, 5.41) is 22.5. The van der Waals surface area contributed by atoms with E-state index in [9.17, 15) is 15.0 Å². The van der Waals surface area contributed by atoms with E-state index in [2.05, 4.69) is 5.32 Å². The molecule has 0 spiro atoms. The molecule has 0 bridgehead atoms. The molecule has 4 nitrogen and oxygen atoms in total. The molecule has 3 N–H and O–H groups in total.